The minimum atomic E-state index is -0.781. The van der Waals surface area contributed by atoms with Gasteiger partial charge in [-0.25, -0.2) is 14.4 Å². The maximum Gasteiger partial charge on any atom is 0.407 e. The molecule has 1 atom stereocenters. The predicted octanol–water partition coefficient (Wildman–Crippen LogP) is 1.11. The van der Waals surface area contributed by atoms with Gasteiger partial charge in [0.1, 0.15) is 12.6 Å². The summed E-state index contributed by atoms with van der Waals surface area (Å²) >= 11 is 0. The van der Waals surface area contributed by atoms with E-state index in [1.54, 1.807) is 0 Å². The Balaban J connectivity index is 2.06. The van der Waals surface area contributed by atoms with E-state index in [2.05, 4.69) is 22.3 Å². The number of hydrogen-bond acceptors (Lipinski definition) is 6. The number of nitrogens with one attached hydrogen (secondary N) is 2. The summed E-state index contributed by atoms with van der Waals surface area (Å²) in [5.41, 5.74) is 0. The maximum absolute atomic E-state index is 11.5. The molecule has 120 valence electrons. The molecule has 0 bridgehead atoms. The molecule has 0 unspecified atom stereocenters. The van der Waals surface area contributed by atoms with Crippen LogP contribution < -0.4 is 10.6 Å². The molecule has 1 heterocycles. The second-order valence-electron chi connectivity index (χ2n) is 4.99. The molecule has 1 fully saturated rings. The van der Waals surface area contributed by atoms with Crippen molar-refractivity contribution in [3.8, 4) is 0 Å². The van der Waals surface area contributed by atoms with Crippen molar-refractivity contribution in [1.29, 1.82) is 0 Å². The summed E-state index contributed by atoms with van der Waals surface area (Å²) in [5, 5.41) is 5.19. The third-order valence-corrected chi connectivity index (χ3v) is 3.17. The predicted molar refractivity (Wildman–Crippen MR) is 75.6 cm³/mol. The quantitative estimate of drug-likeness (QED) is 0.396. The average Bonchev–Trinajstić information content (AvgIpc) is 2.99. The van der Waals surface area contributed by atoms with Crippen LogP contribution in [0.1, 0.15) is 45.4 Å². The monoisotopic (exact) mass is 300 g/mol. The van der Waals surface area contributed by atoms with Gasteiger partial charge in [0, 0.05) is 0 Å². The molecule has 7 nitrogen and oxygen atoms in total. The van der Waals surface area contributed by atoms with Crippen molar-refractivity contribution in [3.05, 3.63) is 0 Å². The van der Waals surface area contributed by atoms with Crippen molar-refractivity contribution < 1.29 is 23.9 Å². The summed E-state index contributed by atoms with van der Waals surface area (Å²) in [5.74, 6) is -1.37. The number of ether oxygens (including phenoxy) is 2. The van der Waals surface area contributed by atoms with Crippen LogP contribution in [-0.4, -0.2) is 43.8 Å². The van der Waals surface area contributed by atoms with Gasteiger partial charge in [-0.2, -0.15) is 0 Å². The zero-order valence-corrected chi connectivity index (χ0v) is 12.5. The summed E-state index contributed by atoms with van der Waals surface area (Å²) in [6.45, 7) is 2.80. The lowest BCUT2D eigenvalue weighted by Crippen LogP contribution is -2.37. The van der Waals surface area contributed by atoms with Gasteiger partial charge in [0.2, 0.25) is 0 Å². The van der Waals surface area contributed by atoms with Crippen molar-refractivity contribution in [2.75, 3.05) is 19.7 Å². The lowest BCUT2D eigenvalue weighted by atomic mass is 10.2. The number of rotatable bonds is 8. The standard InChI is InChI=1S/C14H24N2O5/c1-2-3-4-5-9-20-14(19)16-10-12(17)21-13(18)11-7-6-8-15-11/h11,15H,2-10H2,1H3,(H,16,19)/t11-/m0/s1. The first-order chi connectivity index (χ1) is 10.1. The van der Waals surface area contributed by atoms with Gasteiger partial charge < -0.3 is 20.1 Å². The van der Waals surface area contributed by atoms with Gasteiger partial charge in [0.25, 0.3) is 0 Å². The Morgan fingerprint density at radius 2 is 2.05 bits per heavy atom. The Hall–Kier alpha value is -1.63. The van der Waals surface area contributed by atoms with Crippen LogP contribution in [0.3, 0.4) is 0 Å². The Labute approximate surface area is 124 Å². The van der Waals surface area contributed by atoms with Gasteiger partial charge in [-0.3, -0.25) is 0 Å². The van der Waals surface area contributed by atoms with E-state index >= 15 is 0 Å². The molecule has 0 radical (unpaired) electrons. The summed E-state index contributed by atoms with van der Waals surface area (Å²) < 4.78 is 9.52. The van der Waals surface area contributed by atoms with Crippen LogP contribution in [0.2, 0.25) is 0 Å². The highest BCUT2D eigenvalue weighted by Gasteiger charge is 2.25. The molecule has 1 aliphatic rings. The van der Waals surface area contributed by atoms with E-state index in [0.29, 0.717) is 13.0 Å². The molecule has 1 saturated heterocycles. The van der Waals surface area contributed by atoms with Crippen molar-refractivity contribution in [3.63, 3.8) is 0 Å². The van der Waals surface area contributed by atoms with Crippen LogP contribution in [0.5, 0.6) is 0 Å². The van der Waals surface area contributed by atoms with Crippen molar-refractivity contribution in [1.82, 2.24) is 10.6 Å². The van der Waals surface area contributed by atoms with Crippen LogP contribution in [-0.2, 0) is 19.1 Å². The SMILES string of the molecule is CCCCCCOC(=O)NCC(=O)OC(=O)[C@@H]1CCCN1. The molecule has 0 aliphatic carbocycles. The molecule has 21 heavy (non-hydrogen) atoms. The van der Waals surface area contributed by atoms with Crippen molar-refractivity contribution in [2.24, 2.45) is 0 Å². The number of amides is 1. The molecule has 1 aliphatic heterocycles. The highest BCUT2D eigenvalue weighted by molar-refractivity contribution is 5.90. The topological polar surface area (TPSA) is 93.7 Å². The molecule has 0 aromatic heterocycles. The Morgan fingerprint density at radius 1 is 1.24 bits per heavy atom. The summed E-state index contributed by atoms with van der Waals surface area (Å²) in [6, 6.07) is -0.417. The molecule has 7 heteroatoms. The molecule has 2 N–H and O–H groups in total. The smallest absolute Gasteiger partial charge is 0.407 e. The minimum Gasteiger partial charge on any atom is -0.450 e. The molecule has 0 spiro atoms. The zero-order chi connectivity index (χ0) is 15.5. The summed E-state index contributed by atoms with van der Waals surface area (Å²) in [4.78, 5) is 34.2. The Morgan fingerprint density at radius 3 is 2.71 bits per heavy atom. The van der Waals surface area contributed by atoms with E-state index < -0.39 is 24.1 Å². The molecular formula is C14H24N2O5. The van der Waals surface area contributed by atoms with Gasteiger partial charge in [-0.1, -0.05) is 26.2 Å². The number of unbranched alkanes of at least 4 members (excludes halogenated alkanes) is 3. The summed E-state index contributed by atoms with van der Waals surface area (Å²) in [6.07, 6.45) is 4.91. The van der Waals surface area contributed by atoms with E-state index in [4.69, 9.17) is 4.74 Å². The zero-order valence-electron chi connectivity index (χ0n) is 12.5. The third-order valence-electron chi connectivity index (χ3n) is 3.17. The lowest BCUT2D eigenvalue weighted by Gasteiger charge is -2.09. The first-order valence-electron chi connectivity index (χ1n) is 7.52. The molecule has 1 amide bonds. The Kier molecular flexibility index (Phi) is 8.42. The maximum atomic E-state index is 11.5. The van der Waals surface area contributed by atoms with E-state index in [-0.39, 0.29) is 6.54 Å². The third kappa shape index (κ3) is 7.65. The van der Waals surface area contributed by atoms with Crippen LogP contribution in [0, 0.1) is 0 Å². The van der Waals surface area contributed by atoms with Crippen LogP contribution in [0.4, 0.5) is 4.79 Å². The number of alkyl carbamates (subject to hydrolysis) is 1. The second-order valence-corrected chi connectivity index (χ2v) is 4.99. The Bertz CT molecular complexity index is 353. The van der Waals surface area contributed by atoms with Gasteiger partial charge in [-0.05, 0) is 25.8 Å². The van der Waals surface area contributed by atoms with Gasteiger partial charge in [-0.15, -0.1) is 0 Å². The number of carbonyl (C=O) groups excluding carboxylic acids is 3. The largest absolute Gasteiger partial charge is 0.450 e. The van der Waals surface area contributed by atoms with E-state index in [1.165, 1.54) is 0 Å². The van der Waals surface area contributed by atoms with Crippen LogP contribution >= 0.6 is 0 Å². The molecular weight excluding hydrogens is 276 g/mol. The van der Waals surface area contributed by atoms with Gasteiger partial charge >= 0.3 is 18.0 Å². The first kappa shape index (κ1) is 17.4. The van der Waals surface area contributed by atoms with Crippen LogP contribution in [0.15, 0.2) is 0 Å². The van der Waals surface area contributed by atoms with E-state index in [1.807, 2.05) is 0 Å². The second kappa shape index (κ2) is 10.1. The van der Waals surface area contributed by atoms with Gasteiger partial charge in [0.05, 0.1) is 6.61 Å². The normalized spacial score (nSPS) is 17.3. The fraction of sp³-hybridized carbons (Fsp3) is 0.786. The first-order valence-corrected chi connectivity index (χ1v) is 7.52. The van der Waals surface area contributed by atoms with E-state index in [9.17, 15) is 14.4 Å². The number of carbonyl (C=O) groups is 3. The fourth-order valence-corrected chi connectivity index (χ4v) is 1.99. The summed E-state index contributed by atoms with van der Waals surface area (Å²) in [7, 11) is 0. The molecule has 0 saturated carbocycles. The molecule has 1 rings (SSSR count). The number of hydrogen-bond donors (Lipinski definition) is 2. The van der Waals surface area contributed by atoms with Gasteiger partial charge in [0.15, 0.2) is 0 Å². The fourth-order valence-electron chi connectivity index (χ4n) is 1.99. The minimum absolute atomic E-state index is 0.325. The average molecular weight is 300 g/mol. The van der Waals surface area contributed by atoms with E-state index in [0.717, 1.165) is 38.6 Å². The van der Waals surface area contributed by atoms with Crippen LogP contribution in [0.25, 0.3) is 0 Å². The highest BCUT2D eigenvalue weighted by Crippen LogP contribution is 2.06. The number of esters is 2. The molecule has 0 aromatic rings. The lowest BCUT2D eigenvalue weighted by molar-refractivity contribution is -0.160. The highest BCUT2D eigenvalue weighted by atomic mass is 16.6. The molecule has 0 aromatic carbocycles. The van der Waals surface area contributed by atoms with Crippen molar-refractivity contribution in [2.45, 2.75) is 51.5 Å². The van der Waals surface area contributed by atoms with Crippen molar-refractivity contribution >= 4 is 18.0 Å².